The number of hydrogen-bond donors (Lipinski definition) is 3. The van der Waals surface area contributed by atoms with Crippen molar-refractivity contribution in [2.24, 2.45) is 35.3 Å². The molecule has 5 heteroatoms. The van der Waals surface area contributed by atoms with Gasteiger partial charge in [0.1, 0.15) is 0 Å². The monoisotopic (exact) mass is 376 g/mol. The quantitative estimate of drug-likeness (QED) is 0.690. The van der Waals surface area contributed by atoms with Gasteiger partial charge in [-0.25, -0.2) is 5.01 Å². The van der Waals surface area contributed by atoms with Gasteiger partial charge in [-0.3, -0.25) is 10.2 Å². The molecule has 4 rings (SSSR count). The van der Waals surface area contributed by atoms with E-state index in [2.05, 4.69) is 15.8 Å². The minimum atomic E-state index is -0.111. The summed E-state index contributed by atoms with van der Waals surface area (Å²) >= 11 is 0. The van der Waals surface area contributed by atoms with Crippen molar-refractivity contribution in [1.82, 2.24) is 15.8 Å². The standard InChI is InChI=1S/C22H40N4O/c23-22(27)20-9-11-24-14-19(20)15-26-12-10-21(25-26)18-8-4-7-17(13-18)16-5-2-1-3-6-16/h16-21,24-25H,1-15H2,(H2,23,27). The Hall–Kier alpha value is -0.650. The molecule has 2 heterocycles. The van der Waals surface area contributed by atoms with Crippen LogP contribution in [0.5, 0.6) is 0 Å². The highest BCUT2D eigenvalue weighted by Crippen LogP contribution is 2.42. The molecule has 4 fully saturated rings. The lowest BCUT2D eigenvalue weighted by molar-refractivity contribution is -0.124. The van der Waals surface area contributed by atoms with E-state index in [4.69, 9.17) is 5.73 Å². The summed E-state index contributed by atoms with van der Waals surface area (Å²) in [6, 6.07) is 0.653. The zero-order valence-corrected chi connectivity index (χ0v) is 17.0. The van der Waals surface area contributed by atoms with Crippen molar-refractivity contribution in [2.45, 2.75) is 76.7 Å². The highest BCUT2D eigenvalue weighted by Gasteiger charge is 2.37. The molecule has 0 radical (unpaired) electrons. The van der Waals surface area contributed by atoms with Crippen LogP contribution in [0.15, 0.2) is 0 Å². The van der Waals surface area contributed by atoms with Gasteiger partial charge in [0, 0.05) is 25.0 Å². The predicted octanol–water partition coefficient (Wildman–Crippen LogP) is 2.66. The summed E-state index contributed by atoms with van der Waals surface area (Å²) in [6.07, 6.45) is 15.3. The molecule has 5 unspecified atom stereocenters. The van der Waals surface area contributed by atoms with E-state index < -0.39 is 0 Å². The second-order valence-corrected chi connectivity index (χ2v) is 9.82. The number of nitrogens with one attached hydrogen (secondary N) is 2. The Balaban J connectivity index is 1.28. The number of hydrazine groups is 1. The summed E-state index contributed by atoms with van der Waals surface area (Å²) in [7, 11) is 0. The Bertz CT molecular complexity index is 493. The number of hydrogen-bond acceptors (Lipinski definition) is 4. The maximum absolute atomic E-state index is 11.8. The molecule has 2 saturated carbocycles. The summed E-state index contributed by atoms with van der Waals surface area (Å²) in [5.41, 5.74) is 9.50. The summed E-state index contributed by atoms with van der Waals surface area (Å²) in [4.78, 5) is 11.8. The molecular weight excluding hydrogens is 336 g/mol. The number of carbonyl (C=O) groups excluding carboxylic acids is 1. The van der Waals surface area contributed by atoms with Gasteiger partial charge < -0.3 is 11.1 Å². The molecule has 5 nitrogen and oxygen atoms in total. The minimum Gasteiger partial charge on any atom is -0.369 e. The lowest BCUT2D eigenvalue weighted by Crippen LogP contribution is -2.50. The first kappa shape index (κ1) is 19.7. The molecule has 0 aromatic heterocycles. The Morgan fingerprint density at radius 1 is 0.926 bits per heavy atom. The van der Waals surface area contributed by atoms with Crippen LogP contribution in [-0.2, 0) is 4.79 Å². The molecule has 0 spiro atoms. The molecule has 2 aliphatic heterocycles. The lowest BCUT2D eigenvalue weighted by atomic mass is 9.69. The molecule has 2 aliphatic carbocycles. The van der Waals surface area contributed by atoms with Crippen molar-refractivity contribution < 1.29 is 4.79 Å². The number of nitrogens with two attached hydrogens (primary N) is 1. The second kappa shape index (κ2) is 9.23. The summed E-state index contributed by atoms with van der Waals surface area (Å²) in [5, 5.41) is 5.85. The summed E-state index contributed by atoms with van der Waals surface area (Å²) in [6.45, 7) is 3.92. The van der Waals surface area contributed by atoms with Gasteiger partial charge in [0.15, 0.2) is 0 Å². The number of piperidine rings is 1. The van der Waals surface area contributed by atoms with E-state index in [1.807, 2.05) is 0 Å². The summed E-state index contributed by atoms with van der Waals surface area (Å²) in [5.74, 6) is 3.14. The maximum Gasteiger partial charge on any atom is 0.220 e. The van der Waals surface area contributed by atoms with Gasteiger partial charge >= 0.3 is 0 Å². The van der Waals surface area contributed by atoms with E-state index in [1.165, 1.54) is 64.2 Å². The molecule has 5 atom stereocenters. The largest absolute Gasteiger partial charge is 0.369 e. The van der Waals surface area contributed by atoms with Gasteiger partial charge in [0.25, 0.3) is 0 Å². The van der Waals surface area contributed by atoms with Crippen molar-refractivity contribution >= 4 is 5.91 Å². The van der Waals surface area contributed by atoms with E-state index in [9.17, 15) is 4.79 Å². The third-order valence-corrected chi connectivity index (χ3v) is 8.13. The number of carbonyl (C=O) groups is 1. The van der Waals surface area contributed by atoms with Crippen molar-refractivity contribution in [3.63, 3.8) is 0 Å². The van der Waals surface area contributed by atoms with Gasteiger partial charge in [-0.15, -0.1) is 0 Å². The highest BCUT2D eigenvalue weighted by atomic mass is 16.1. The molecule has 1 amide bonds. The lowest BCUT2D eigenvalue weighted by Gasteiger charge is -2.39. The van der Waals surface area contributed by atoms with E-state index >= 15 is 0 Å². The molecule has 0 bridgehead atoms. The first-order valence-electron chi connectivity index (χ1n) is 11.7. The van der Waals surface area contributed by atoms with Gasteiger partial charge in [0.05, 0.1) is 0 Å². The first-order valence-corrected chi connectivity index (χ1v) is 11.7. The fourth-order valence-electron chi connectivity index (χ4n) is 6.58. The van der Waals surface area contributed by atoms with Crippen LogP contribution in [0, 0.1) is 29.6 Å². The Morgan fingerprint density at radius 3 is 2.52 bits per heavy atom. The van der Waals surface area contributed by atoms with Crippen LogP contribution in [0.4, 0.5) is 0 Å². The SMILES string of the molecule is NC(=O)C1CCNCC1CN1CCC(C2CCCC(C3CCCCC3)C2)N1. The first-order chi connectivity index (χ1) is 13.2. The van der Waals surface area contributed by atoms with E-state index in [0.717, 1.165) is 50.4 Å². The molecule has 4 N–H and O–H groups in total. The van der Waals surface area contributed by atoms with Crippen LogP contribution in [0.25, 0.3) is 0 Å². The van der Waals surface area contributed by atoms with E-state index in [-0.39, 0.29) is 11.8 Å². The zero-order chi connectivity index (χ0) is 18.6. The number of rotatable bonds is 5. The average molecular weight is 377 g/mol. The van der Waals surface area contributed by atoms with Gasteiger partial charge in [-0.05, 0) is 62.4 Å². The normalized spacial score (nSPS) is 39.5. The Labute approximate surface area is 165 Å². The molecule has 0 aromatic carbocycles. The highest BCUT2D eigenvalue weighted by molar-refractivity contribution is 5.77. The fraction of sp³-hybridized carbons (Fsp3) is 0.955. The third-order valence-electron chi connectivity index (χ3n) is 8.13. The molecular formula is C22H40N4O. The average Bonchev–Trinajstić information content (AvgIpc) is 3.18. The van der Waals surface area contributed by atoms with Crippen molar-refractivity contribution in [1.29, 1.82) is 0 Å². The number of primary amides is 1. The zero-order valence-electron chi connectivity index (χ0n) is 17.0. The van der Waals surface area contributed by atoms with Gasteiger partial charge in [0.2, 0.25) is 5.91 Å². The minimum absolute atomic E-state index is 0.0393. The molecule has 154 valence electrons. The van der Waals surface area contributed by atoms with Crippen LogP contribution < -0.4 is 16.5 Å². The van der Waals surface area contributed by atoms with Gasteiger partial charge in [-0.2, -0.15) is 0 Å². The van der Waals surface area contributed by atoms with Crippen LogP contribution in [0.3, 0.4) is 0 Å². The van der Waals surface area contributed by atoms with Crippen molar-refractivity contribution in [3.05, 3.63) is 0 Å². The fourth-order valence-corrected chi connectivity index (χ4v) is 6.58. The van der Waals surface area contributed by atoms with E-state index in [1.54, 1.807) is 0 Å². The van der Waals surface area contributed by atoms with Crippen LogP contribution in [0.2, 0.25) is 0 Å². The number of amides is 1. The van der Waals surface area contributed by atoms with Gasteiger partial charge in [-0.1, -0.05) is 44.9 Å². The van der Waals surface area contributed by atoms with Crippen LogP contribution >= 0.6 is 0 Å². The second-order valence-electron chi connectivity index (χ2n) is 9.82. The third kappa shape index (κ3) is 4.86. The molecule has 2 saturated heterocycles. The van der Waals surface area contributed by atoms with Crippen LogP contribution in [0.1, 0.15) is 70.6 Å². The number of nitrogens with zero attached hydrogens (tertiary/aromatic N) is 1. The Morgan fingerprint density at radius 2 is 1.70 bits per heavy atom. The van der Waals surface area contributed by atoms with Crippen LogP contribution in [-0.4, -0.2) is 43.1 Å². The molecule has 4 aliphatic rings. The smallest absolute Gasteiger partial charge is 0.220 e. The van der Waals surface area contributed by atoms with Crippen molar-refractivity contribution in [2.75, 3.05) is 26.2 Å². The molecule has 27 heavy (non-hydrogen) atoms. The Kier molecular flexibility index (Phi) is 6.72. The summed E-state index contributed by atoms with van der Waals surface area (Å²) < 4.78 is 0. The van der Waals surface area contributed by atoms with Crippen molar-refractivity contribution in [3.8, 4) is 0 Å². The molecule has 0 aromatic rings. The topological polar surface area (TPSA) is 70.4 Å². The predicted molar refractivity (Wildman–Crippen MR) is 109 cm³/mol. The maximum atomic E-state index is 11.8. The van der Waals surface area contributed by atoms with E-state index in [0.29, 0.717) is 12.0 Å².